The van der Waals surface area contributed by atoms with Crippen molar-refractivity contribution in [3.05, 3.63) is 23.8 Å². The zero-order valence-corrected chi connectivity index (χ0v) is 13.1. The van der Waals surface area contributed by atoms with Gasteiger partial charge in [0.1, 0.15) is 5.75 Å². The Hall–Kier alpha value is -1.59. The summed E-state index contributed by atoms with van der Waals surface area (Å²) in [6.45, 7) is 7.18. The number of carbonyl (C=O) groups excluding carboxylic acids is 1. The molecular weight excluding hydrogens is 268 g/mol. The molecule has 2 rings (SSSR count). The number of rotatable bonds is 3. The number of amides is 1. The van der Waals surface area contributed by atoms with Crippen molar-refractivity contribution in [1.29, 1.82) is 0 Å². The van der Waals surface area contributed by atoms with Crippen LogP contribution in [-0.2, 0) is 14.9 Å². The molecule has 116 valence electrons. The Morgan fingerprint density at radius 3 is 2.62 bits per heavy atom. The zero-order valence-electron chi connectivity index (χ0n) is 13.1. The molecule has 21 heavy (non-hydrogen) atoms. The van der Waals surface area contributed by atoms with Gasteiger partial charge in [0, 0.05) is 6.04 Å². The van der Waals surface area contributed by atoms with Crippen molar-refractivity contribution in [2.24, 2.45) is 11.7 Å². The number of carbonyl (C=O) groups is 1. The van der Waals surface area contributed by atoms with Crippen LogP contribution >= 0.6 is 0 Å². The molecule has 0 aliphatic carbocycles. The van der Waals surface area contributed by atoms with Gasteiger partial charge in [0.05, 0.1) is 31.9 Å². The first kappa shape index (κ1) is 15.8. The van der Waals surface area contributed by atoms with E-state index >= 15 is 0 Å². The lowest BCUT2D eigenvalue weighted by Gasteiger charge is -2.22. The fraction of sp³-hybridized carbons (Fsp3) is 0.562. The lowest BCUT2D eigenvalue weighted by atomic mass is 9.86. The second-order valence-electron chi connectivity index (χ2n) is 6.46. The summed E-state index contributed by atoms with van der Waals surface area (Å²) in [7, 11) is 1.59. The summed E-state index contributed by atoms with van der Waals surface area (Å²) in [5.41, 5.74) is 7.69. The second kappa shape index (κ2) is 6.03. The Kier molecular flexibility index (Phi) is 4.54. The number of nitrogens with one attached hydrogen (secondary N) is 1. The highest BCUT2D eigenvalue weighted by atomic mass is 16.5. The number of hydrogen-bond donors (Lipinski definition) is 2. The van der Waals surface area contributed by atoms with Crippen molar-refractivity contribution in [2.45, 2.75) is 32.2 Å². The molecule has 0 radical (unpaired) electrons. The van der Waals surface area contributed by atoms with E-state index in [4.69, 9.17) is 15.2 Å². The van der Waals surface area contributed by atoms with E-state index < -0.39 is 0 Å². The van der Waals surface area contributed by atoms with Gasteiger partial charge in [0.2, 0.25) is 5.91 Å². The topological polar surface area (TPSA) is 73.6 Å². The Balaban J connectivity index is 2.23. The molecule has 1 amide bonds. The summed E-state index contributed by atoms with van der Waals surface area (Å²) < 4.78 is 10.6. The summed E-state index contributed by atoms with van der Waals surface area (Å²) in [4.78, 5) is 12.3. The Bertz CT molecular complexity index is 523. The normalized spacial score (nSPS) is 22.1. The van der Waals surface area contributed by atoms with Crippen LogP contribution in [0.3, 0.4) is 0 Å². The third kappa shape index (κ3) is 3.54. The van der Waals surface area contributed by atoms with Gasteiger partial charge in [-0.05, 0) is 23.1 Å². The van der Waals surface area contributed by atoms with Crippen LogP contribution in [0.15, 0.2) is 18.2 Å². The van der Waals surface area contributed by atoms with Gasteiger partial charge in [-0.15, -0.1) is 0 Å². The highest BCUT2D eigenvalue weighted by molar-refractivity contribution is 5.94. The van der Waals surface area contributed by atoms with Crippen LogP contribution in [0, 0.1) is 5.92 Å². The summed E-state index contributed by atoms with van der Waals surface area (Å²) in [5, 5.41) is 2.92. The average Bonchev–Trinajstić information content (AvgIpc) is 2.84. The van der Waals surface area contributed by atoms with Crippen molar-refractivity contribution < 1.29 is 14.3 Å². The van der Waals surface area contributed by atoms with Crippen molar-refractivity contribution >= 4 is 11.6 Å². The first-order valence-corrected chi connectivity index (χ1v) is 7.15. The first-order chi connectivity index (χ1) is 9.82. The minimum Gasteiger partial charge on any atom is -0.495 e. The fourth-order valence-corrected chi connectivity index (χ4v) is 2.34. The van der Waals surface area contributed by atoms with Gasteiger partial charge < -0.3 is 20.5 Å². The third-order valence-electron chi connectivity index (χ3n) is 3.78. The number of anilines is 1. The van der Waals surface area contributed by atoms with E-state index in [2.05, 4.69) is 26.1 Å². The van der Waals surface area contributed by atoms with Gasteiger partial charge in [-0.25, -0.2) is 0 Å². The smallest absolute Gasteiger partial charge is 0.231 e. The number of nitrogens with two attached hydrogens (primary N) is 1. The quantitative estimate of drug-likeness (QED) is 0.892. The molecule has 0 spiro atoms. The number of ether oxygens (including phenoxy) is 2. The highest BCUT2D eigenvalue weighted by Crippen LogP contribution is 2.32. The monoisotopic (exact) mass is 292 g/mol. The van der Waals surface area contributed by atoms with E-state index in [9.17, 15) is 4.79 Å². The van der Waals surface area contributed by atoms with Crippen molar-refractivity contribution in [3.63, 3.8) is 0 Å². The molecule has 1 heterocycles. The van der Waals surface area contributed by atoms with Crippen LogP contribution in [-0.4, -0.2) is 32.3 Å². The van der Waals surface area contributed by atoms with Crippen LogP contribution in [0.1, 0.15) is 26.3 Å². The van der Waals surface area contributed by atoms with Gasteiger partial charge in [0.25, 0.3) is 0 Å². The van der Waals surface area contributed by atoms with E-state index in [0.717, 1.165) is 5.56 Å². The molecule has 0 bridgehead atoms. The maximum absolute atomic E-state index is 12.3. The van der Waals surface area contributed by atoms with Crippen LogP contribution in [0.5, 0.6) is 5.75 Å². The Morgan fingerprint density at radius 2 is 2.10 bits per heavy atom. The molecular formula is C16H24N2O3. The standard InChI is InChI=1S/C16H24N2O3/c1-16(2,3)10-5-6-14(20-4)13(7-10)18-15(19)11-8-21-9-12(11)17/h5-7,11-12H,8-9,17H2,1-4H3,(H,18,19). The lowest BCUT2D eigenvalue weighted by molar-refractivity contribution is -0.120. The summed E-state index contributed by atoms with van der Waals surface area (Å²) >= 11 is 0. The van der Waals surface area contributed by atoms with Crippen LogP contribution in [0.4, 0.5) is 5.69 Å². The van der Waals surface area contributed by atoms with E-state index in [1.165, 1.54) is 0 Å². The maximum Gasteiger partial charge on any atom is 0.231 e. The molecule has 1 saturated heterocycles. The predicted molar refractivity (Wildman–Crippen MR) is 82.6 cm³/mol. The van der Waals surface area contributed by atoms with E-state index in [0.29, 0.717) is 24.7 Å². The number of benzene rings is 1. The van der Waals surface area contributed by atoms with Gasteiger partial charge in [-0.2, -0.15) is 0 Å². The summed E-state index contributed by atoms with van der Waals surface area (Å²) in [6, 6.07) is 5.60. The van der Waals surface area contributed by atoms with Crippen LogP contribution in [0.2, 0.25) is 0 Å². The average molecular weight is 292 g/mol. The lowest BCUT2D eigenvalue weighted by Crippen LogP contribution is -2.37. The largest absolute Gasteiger partial charge is 0.495 e. The zero-order chi connectivity index (χ0) is 15.6. The maximum atomic E-state index is 12.3. The molecule has 0 saturated carbocycles. The molecule has 1 aliphatic rings. The van der Waals surface area contributed by atoms with E-state index in [1.54, 1.807) is 7.11 Å². The van der Waals surface area contributed by atoms with Gasteiger partial charge in [-0.1, -0.05) is 26.8 Å². The second-order valence-corrected chi connectivity index (χ2v) is 6.46. The Morgan fingerprint density at radius 1 is 1.38 bits per heavy atom. The van der Waals surface area contributed by atoms with Crippen molar-refractivity contribution in [2.75, 3.05) is 25.6 Å². The molecule has 2 atom stereocenters. The van der Waals surface area contributed by atoms with Crippen LogP contribution < -0.4 is 15.8 Å². The predicted octanol–water partition coefficient (Wildman–Crippen LogP) is 1.90. The van der Waals surface area contributed by atoms with E-state index in [1.807, 2.05) is 18.2 Å². The molecule has 1 aromatic carbocycles. The summed E-state index contributed by atoms with van der Waals surface area (Å²) in [6.07, 6.45) is 0. The molecule has 3 N–H and O–H groups in total. The Labute approximate surface area is 125 Å². The van der Waals surface area contributed by atoms with Crippen molar-refractivity contribution in [1.82, 2.24) is 0 Å². The van der Waals surface area contributed by atoms with Gasteiger partial charge in [0.15, 0.2) is 0 Å². The summed E-state index contributed by atoms with van der Waals surface area (Å²) in [5.74, 6) is 0.209. The first-order valence-electron chi connectivity index (χ1n) is 7.15. The number of hydrogen-bond acceptors (Lipinski definition) is 4. The van der Waals surface area contributed by atoms with Gasteiger partial charge in [-0.3, -0.25) is 4.79 Å². The van der Waals surface area contributed by atoms with E-state index in [-0.39, 0.29) is 23.3 Å². The third-order valence-corrected chi connectivity index (χ3v) is 3.78. The number of methoxy groups -OCH3 is 1. The minimum absolute atomic E-state index is 0.00137. The molecule has 0 aromatic heterocycles. The SMILES string of the molecule is COc1ccc(C(C)(C)C)cc1NC(=O)C1COCC1N. The highest BCUT2D eigenvalue weighted by Gasteiger charge is 2.31. The molecule has 2 unspecified atom stereocenters. The molecule has 1 aliphatic heterocycles. The molecule has 5 heteroatoms. The van der Waals surface area contributed by atoms with Crippen molar-refractivity contribution in [3.8, 4) is 5.75 Å². The minimum atomic E-state index is -0.312. The molecule has 5 nitrogen and oxygen atoms in total. The molecule has 1 aromatic rings. The van der Waals surface area contributed by atoms with Gasteiger partial charge >= 0.3 is 0 Å². The molecule has 1 fully saturated rings. The fourth-order valence-electron chi connectivity index (χ4n) is 2.34. The van der Waals surface area contributed by atoms with Crippen LogP contribution in [0.25, 0.3) is 0 Å².